The van der Waals surface area contributed by atoms with Crippen molar-refractivity contribution in [2.24, 2.45) is 0 Å². The van der Waals surface area contributed by atoms with Crippen LogP contribution in [-0.4, -0.2) is 37.0 Å². The Morgan fingerprint density at radius 3 is 2.41 bits per heavy atom. The number of furan rings is 1. The highest BCUT2D eigenvalue weighted by molar-refractivity contribution is 6.33. The molecule has 0 aliphatic carbocycles. The number of benzene rings is 2. The fourth-order valence-corrected chi connectivity index (χ4v) is 3.67. The lowest BCUT2D eigenvalue weighted by Crippen LogP contribution is -2.48. The number of rotatable bonds is 3. The topological polar surface area (TPSA) is 36.7 Å². The van der Waals surface area contributed by atoms with Gasteiger partial charge in [0, 0.05) is 42.5 Å². The molecule has 0 bridgehead atoms. The predicted octanol–water partition coefficient (Wildman–Crippen LogP) is 5.22. The molecule has 1 aromatic heterocycles. The third-order valence-corrected chi connectivity index (χ3v) is 5.26. The number of hydrogen-bond acceptors (Lipinski definition) is 3. The molecule has 4 nitrogen and oxygen atoms in total. The molecule has 0 radical (unpaired) electrons. The second kappa shape index (κ2) is 7.67. The average molecular weight is 401 g/mol. The fraction of sp³-hybridized carbons (Fsp3) is 0.190. The van der Waals surface area contributed by atoms with Gasteiger partial charge in [0.25, 0.3) is 5.91 Å². The van der Waals surface area contributed by atoms with Crippen LogP contribution in [0.5, 0.6) is 0 Å². The van der Waals surface area contributed by atoms with Gasteiger partial charge in [-0.25, -0.2) is 0 Å². The summed E-state index contributed by atoms with van der Waals surface area (Å²) in [6, 6.07) is 18.7. The summed E-state index contributed by atoms with van der Waals surface area (Å²) in [5, 5.41) is 1.31. The van der Waals surface area contributed by atoms with Crippen molar-refractivity contribution in [1.29, 1.82) is 0 Å². The van der Waals surface area contributed by atoms with Crippen LogP contribution in [-0.2, 0) is 0 Å². The van der Waals surface area contributed by atoms with Crippen molar-refractivity contribution in [3.8, 4) is 11.3 Å². The minimum Gasteiger partial charge on any atom is -0.451 e. The highest BCUT2D eigenvalue weighted by atomic mass is 35.5. The van der Waals surface area contributed by atoms with Crippen molar-refractivity contribution >= 4 is 34.8 Å². The lowest BCUT2D eigenvalue weighted by atomic mass is 10.2. The second-order valence-electron chi connectivity index (χ2n) is 6.40. The molecule has 1 aliphatic rings. The Morgan fingerprint density at radius 2 is 1.67 bits per heavy atom. The van der Waals surface area contributed by atoms with Gasteiger partial charge in [-0.15, -0.1) is 0 Å². The lowest BCUT2D eigenvalue weighted by Gasteiger charge is -2.35. The number of anilines is 1. The average Bonchev–Trinajstić information content (AvgIpc) is 3.18. The standard InChI is InChI=1S/C21H18Cl2N2O2/c22-15-4-3-5-16(14-15)24-10-12-25(13-11-24)21(26)20-9-8-19(27-20)17-6-1-2-7-18(17)23/h1-9,14H,10-13H2. The molecule has 0 spiro atoms. The van der Waals surface area contributed by atoms with E-state index in [1.54, 1.807) is 18.2 Å². The van der Waals surface area contributed by atoms with Crippen LogP contribution in [0, 0.1) is 0 Å². The Morgan fingerprint density at radius 1 is 0.889 bits per heavy atom. The van der Waals surface area contributed by atoms with Crippen molar-refractivity contribution < 1.29 is 9.21 Å². The van der Waals surface area contributed by atoms with E-state index in [4.69, 9.17) is 27.6 Å². The molecule has 6 heteroatoms. The largest absolute Gasteiger partial charge is 0.451 e. The zero-order chi connectivity index (χ0) is 18.8. The van der Waals surface area contributed by atoms with Gasteiger partial charge in [0.05, 0.1) is 5.02 Å². The molecule has 138 valence electrons. The van der Waals surface area contributed by atoms with Crippen molar-refractivity contribution in [2.45, 2.75) is 0 Å². The van der Waals surface area contributed by atoms with Crippen LogP contribution in [0.4, 0.5) is 5.69 Å². The van der Waals surface area contributed by atoms with Crippen LogP contribution < -0.4 is 4.90 Å². The van der Waals surface area contributed by atoms with E-state index in [9.17, 15) is 4.79 Å². The van der Waals surface area contributed by atoms with Crippen LogP contribution in [0.3, 0.4) is 0 Å². The summed E-state index contributed by atoms with van der Waals surface area (Å²) in [5.74, 6) is 0.835. The first-order valence-corrected chi connectivity index (χ1v) is 9.52. The van der Waals surface area contributed by atoms with Crippen molar-refractivity contribution in [2.75, 3.05) is 31.1 Å². The highest BCUT2D eigenvalue weighted by Gasteiger charge is 2.25. The number of carbonyl (C=O) groups excluding carboxylic acids is 1. The number of amides is 1. The first-order valence-electron chi connectivity index (χ1n) is 8.76. The number of piperazine rings is 1. The van der Waals surface area contributed by atoms with Crippen LogP contribution >= 0.6 is 23.2 Å². The maximum absolute atomic E-state index is 12.8. The molecular formula is C21H18Cl2N2O2. The van der Waals surface area contributed by atoms with Gasteiger partial charge in [0.15, 0.2) is 5.76 Å². The van der Waals surface area contributed by atoms with E-state index in [1.807, 2.05) is 47.4 Å². The zero-order valence-electron chi connectivity index (χ0n) is 14.6. The molecular weight excluding hydrogens is 383 g/mol. The van der Waals surface area contributed by atoms with Crippen molar-refractivity contribution in [1.82, 2.24) is 4.90 Å². The summed E-state index contributed by atoms with van der Waals surface area (Å²) in [7, 11) is 0. The minimum atomic E-state index is -0.0981. The Kier molecular flexibility index (Phi) is 5.10. The van der Waals surface area contributed by atoms with Crippen LogP contribution in [0.2, 0.25) is 10.0 Å². The Labute approximate surface area is 167 Å². The second-order valence-corrected chi connectivity index (χ2v) is 7.25. The molecule has 4 rings (SSSR count). The van der Waals surface area contributed by atoms with E-state index in [2.05, 4.69) is 4.90 Å². The van der Waals surface area contributed by atoms with Crippen molar-refractivity contribution in [3.05, 3.63) is 76.5 Å². The summed E-state index contributed by atoms with van der Waals surface area (Å²) in [5.41, 5.74) is 1.86. The molecule has 0 N–H and O–H groups in total. The molecule has 27 heavy (non-hydrogen) atoms. The van der Waals surface area contributed by atoms with Gasteiger partial charge in [-0.3, -0.25) is 4.79 Å². The van der Waals surface area contributed by atoms with Gasteiger partial charge in [-0.1, -0.05) is 41.4 Å². The molecule has 0 atom stereocenters. The highest BCUT2D eigenvalue weighted by Crippen LogP contribution is 2.29. The summed E-state index contributed by atoms with van der Waals surface area (Å²) in [6.07, 6.45) is 0. The number of hydrogen-bond donors (Lipinski definition) is 0. The van der Waals surface area contributed by atoms with Gasteiger partial charge in [0.1, 0.15) is 5.76 Å². The van der Waals surface area contributed by atoms with E-state index < -0.39 is 0 Å². The Bertz CT molecular complexity index is 962. The van der Waals surface area contributed by atoms with Gasteiger partial charge in [0.2, 0.25) is 0 Å². The monoisotopic (exact) mass is 400 g/mol. The first-order chi connectivity index (χ1) is 13.1. The van der Waals surface area contributed by atoms with Crippen molar-refractivity contribution in [3.63, 3.8) is 0 Å². The molecule has 1 aliphatic heterocycles. The summed E-state index contributed by atoms with van der Waals surface area (Å²) < 4.78 is 5.79. The third-order valence-electron chi connectivity index (χ3n) is 4.70. The molecule has 3 aromatic rings. The molecule has 2 aromatic carbocycles. The smallest absolute Gasteiger partial charge is 0.289 e. The zero-order valence-corrected chi connectivity index (χ0v) is 16.1. The van der Waals surface area contributed by atoms with Crippen LogP contribution in [0.15, 0.2) is 65.1 Å². The number of halogens is 2. The maximum Gasteiger partial charge on any atom is 0.289 e. The lowest BCUT2D eigenvalue weighted by molar-refractivity contribution is 0.0715. The Balaban J connectivity index is 1.43. The summed E-state index contributed by atoms with van der Waals surface area (Å²) >= 11 is 12.3. The van der Waals surface area contributed by atoms with E-state index in [1.165, 1.54) is 0 Å². The number of nitrogens with zero attached hydrogens (tertiary/aromatic N) is 2. The predicted molar refractivity (Wildman–Crippen MR) is 109 cm³/mol. The van der Waals surface area contributed by atoms with E-state index >= 15 is 0 Å². The first kappa shape index (κ1) is 18.0. The Hall–Kier alpha value is -2.43. The molecule has 1 saturated heterocycles. The van der Waals surface area contributed by atoms with Gasteiger partial charge < -0.3 is 14.2 Å². The van der Waals surface area contributed by atoms with E-state index in [-0.39, 0.29) is 5.91 Å². The fourth-order valence-electron chi connectivity index (χ4n) is 3.26. The third kappa shape index (κ3) is 3.82. The molecule has 0 saturated carbocycles. The molecule has 0 unspecified atom stereocenters. The SMILES string of the molecule is O=C(c1ccc(-c2ccccc2Cl)o1)N1CCN(c2cccc(Cl)c2)CC1. The van der Waals surface area contributed by atoms with Gasteiger partial charge >= 0.3 is 0 Å². The molecule has 2 heterocycles. The number of carbonyl (C=O) groups is 1. The normalized spacial score (nSPS) is 14.4. The van der Waals surface area contributed by atoms with Gasteiger partial charge in [-0.05, 0) is 42.5 Å². The molecule has 1 fully saturated rings. The summed E-state index contributed by atoms with van der Waals surface area (Å²) in [6.45, 7) is 2.77. The quantitative estimate of drug-likeness (QED) is 0.604. The van der Waals surface area contributed by atoms with Crippen LogP contribution in [0.25, 0.3) is 11.3 Å². The van der Waals surface area contributed by atoms with E-state index in [0.717, 1.165) is 24.3 Å². The maximum atomic E-state index is 12.8. The summed E-state index contributed by atoms with van der Waals surface area (Å²) in [4.78, 5) is 16.8. The minimum absolute atomic E-state index is 0.0981. The van der Waals surface area contributed by atoms with Crippen LogP contribution in [0.1, 0.15) is 10.6 Å². The van der Waals surface area contributed by atoms with Gasteiger partial charge in [-0.2, -0.15) is 0 Å². The van der Waals surface area contributed by atoms with E-state index in [0.29, 0.717) is 34.7 Å². The molecule has 1 amide bonds.